The summed E-state index contributed by atoms with van der Waals surface area (Å²) >= 11 is 7.78. The molecule has 0 aliphatic carbocycles. The highest BCUT2D eigenvalue weighted by Crippen LogP contribution is 2.36. The topological polar surface area (TPSA) is 38.9 Å². The number of thiazole rings is 1. The van der Waals surface area contributed by atoms with Gasteiger partial charge in [-0.15, -0.1) is 11.3 Å². The first-order chi connectivity index (χ1) is 8.65. The minimum atomic E-state index is 0.748. The van der Waals surface area contributed by atoms with Gasteiger partial charge in [0.15, 0.2) is 0 Å². The fraction of sp³-hybridized carbons (Fsp3) is 0.0714. The van der Waals surface area contributed by atoms with E-state index in [-0.39, 0.29) is 0 Å². The highest BCUT2D eigenvalue weighted by molar-refractivity contribution is 7.22. The van der Waals surface area contributed by atoms with Crippen LogP contribution in [0.3, 0.4) is 0 Å². The van der Waals surface area contributed by atoms with E-state index in [1.165, 1.54) is 5.56 Å². The zero-order valence-corrected chi connectivity index (χ0v) is 11.3. The second-order valence-corrected chi connectivity index (χ2v) is 5.59. The number of fused-ring (bicyclic) bond motifs is 1. The van der Waals surface area contributed by atoms with Gasteiger partial charge in [-0.05, 0) is 36.8 Å². The normalized spacial score (nSPS) is 11.0. The number of aryl methyl sites for hydroxylation is 1. The second kappa shape index (κ2) is 4.26. The predicted octanol–water partition coefficient (Wildman–Crippen LogP) is 4.51. The summed E-state index contributed by atoms with van der Waals surface area (Å²) in [7, 11) is 0. The van der Waals surface area contributed by atoms with Crippen LogP contribution in [-0.2, 0) is 0 Å². The van der Waals surface area contributed by atoms with Crippen LogP contribution in [0.2, 0.25) is 5.02 Å². The Bertz CT molecular complexity index is 734. The van der Waals surface area contributed by atoms with Crippen LogP contribution in [-0.4, -0.2) is 4.98 Å². The molecule has 2 aromatic carbocycles. The van der Waals surface area contributed by atoms with Gasteiger partial charge in [-0.3, -0.25) is 0 Å². The summed E-state index contributed by atoms with van der Waals surface area (Å²) in [5, 5.41) is 1.71. The molecule has 2 nitrogen and oxygen atoms in total. The molecular weight excluding hydrogens is 264 g/mol. The summed E-state index contributed by atoms with van der Waals surface area (Å²) in [4.78, 5) is 4.62. The maximum Gasteiger partial charge on any atom is 0.124 e. The number of hydrogen-bond donors (Lipinski definition) is 1. The van der Waals surface area contributed by atoms with Crippen LogP contribution in [0.25, 0.3) is 20.8 Å². The summed E-state index contributed by atoms with van der Waals surface area (Å²) in [5.41, 5.74) is 9.77. The lowest BCUT2D eigenvalue weighted by atomic mass is 10.1. The van der Waals surface area contributed by atoms with Crippen molar-refractivity contribution in [2.75, 3.05) is 5.73 Å². The molecule has 0 saturated heterocycles. The highest BCUT2D eigenvalue weighted by Gasteiger charge is 2.10. The van der Waals surface area contributed by atoms with Crippen molar-refractivity contribution in [3.63, 3.8) is 0 Å². The molecule has 0 amide bonds. The van der Waals surface area contributed by atoms with Gasteiger partial charge in [0.25, 0.3) is 0 Å². The Hall–Kier alpha value is -1.58. The maximum atomic E-state index is 6.17. The van der Waals surface area contributed by atoms with Crippen molar-refractivity contribution in [3.8, 4) is 10.6 Å². The third kappa shape index (κ3) is 1.85. The van der Waals surface area contributed by atoms with Gasteiger partial charge in [-0.1, -0.05) is 23.7 Å². The van der Waals surface area contributed by atoms with Gasteiger partial charge in [-0.25, -0.2) is 4.98 Å². The number of hydrogen-bond acceptors (Lipinski definition) is 3. The third-order valence-corrected chi connectivity index (χ3v) is 4.42. The largest absolute Gasteiger partial charge is 0.399 e. The number of nitrogens with zero attached hydrogens (tertiary/aromatic N) is 1. The molecule has 18 heavy (non-hydrogen) atoms. The van der Waals surface area contributed by atoms with E-state index in [1.807, 2.05) is 36.4 Å². The van der Waals surface area contributed by atoms with Gasteiger partial charge in [0.05, 0.1) is 15.2 Å². The molecule has 0 atom stereocenters. The average molecular weight is 275 g/mol. The maximum absolute atomic E-state index is 6.17. The molecule has 0 saturated carbocycles. The minimum Gasteiger partial charge on any atom is -0.399 e. The Labute approximate surface area is 114 Å². The second-order valence-electron chi connectivity index (χ2n) is 4.18. The molecular formula is C14H11ClN2S. The molecule has 0 bridgehead atoms. The predicted molar refractivity (Wildman–Crippen MR) is 79.2 cm³/mol. The number of nitrogens with two attached hydrogens (primary N) is 1. The van der Waals surface area contributed by atoms with E-state index in [4.69, 9.17) is 17.3 Å². The summed E-state index contributed by atoms with van der Waals surface area (Å²) in [5.74, 6) is 0. The lowest BCUT2D eigenvalue weighted by Gasteiger charge is -2.02. The molecule has 0 aliphatic rings. The molecule has 1 aromatic heterocycles. The highest BCUT2D eigenvalue weighted by atomic mass is 35.5. The Morgan fingerprint density at radius 2 is 2.06 bits per heavy atom. The van der Waals surface area contributed by atoms with Crippen molar-refractivity contribution in [2.45, 2.75) is 6.92 Å². The van der Waals surface area contributed by atoms with Crippen LogP contribution >= 0.6 is 22.9 Å². The summed E-state index contributed by atoms with van der Waals surface area (Å²) in [6, 6.07) is 11.7. The van der Waals surface area contributed by atoms with E-state index in [2.05, 4.69) is 11.9 Å². The van der Waals surface area contributed by atoms with E-state index in [9.17, 15) is 0 Å². The molecule has 0 fully saturated rings. The van der Waals surface area contributed by atoms with Gasteiger partial charge >= 0.3 is 0 Å². The molecule has 90 valence electrons. The number of anilines is 1. The number of nitrogen functional groups attached to an aromatic ring is 1. The Balaban J connectivity index is 2.26. The summed E-state index contributed by atoms with van der Waals surface area (Å²) in [6.45, 7) is 2.06. The molecule has 4 heteroatoms. The first-order valence-electron chi connectivity index (χ1n) is 5.57. The number of benzene rings is 2. The van der Waals surface area contributed by atoms with Crippen LogP contribution in [0.1, 0.15) is 5.56 Å². The van der Waals surface area contributed by atoms with Crippen molar-refractivity contribution in [2.24, 2.45) is 0 Å². The zero-order chi connectivity index (χ0) is 12.7. The average Bonchev–Trinajstić information content (AvgIpc) is 2.77. The lowest BCUT2D eigenvalue weighted by Crippen LogP contribution is -1.88. The van der Waals surface area contributed by atoms with E-state index < -0.39 is 0 Å². The van der Waals surface area contributed by atoms with Crippen LogP contribution in [0.5, 0.6) is 0 Å². The van der Waals surface area contributed by atoms with Crippen LogP contribution in [0, 0.1) is 6.92 Å². The molecule has 0 spiro atoms. The summed E-state index contributed by atoms with van der Waals surface area (Å²) in [6.07, 6.45) is 0. The lowest BCUT2D eigenvalue weighted by molar-refractivity contribution is 1.41. The number of rotatable bonds is 1. The van der Waals surface area contributed by atoms with Crippen LogP contribution in [0.4, 0.5) is 5.69 Å². The van der Waals surface area contributed by atoms with Crippen molar-refractivity contribution in [3.05, 3.63) is 47.0 Å². The fourth-order valence-electron chi connectivity index (χ4n) is 1.90. The summed E-state index contributed by atoms with van der Waals surface area (Å²) < 4.78 is 1.02. The molecule has 2 N–H and O–H groups in total. The van der Waals surface area contributed by atoms with Gasteiger partial charge in [0.1, 0.15) is 5.01 Å². The van der Waals surface area contributed by atoms with E-state index in [1.54, 1.807) is 11.3 Å². The van der Waals surface area contributed by atoms with Crippen molar-refractivity contribution in [1.29, 1.82) is 0 Å². The third-order valence-electron chi connectivity index (χ3n) is 2.86. The van der Waals surface area contributed by atoms with Gasteiger partial charge in [0.2, 0.25) is 0 Å². The minimum absolute atomic E-state index is 0.748. The van der Waals surface area contributed by atoms with Gasteiger partial charge in [-0.2, -0.15) is 0 Å². The van der Waals surface area contributed by atoms with E-state index in [0.717, 1.165) is 31.5 Å². The van der Waals surface area contributed by atoms with Crippen molar-refractivity contribution in [1.82, 2.24) is 4.98 Å². The van der Waals surface area contributed by atoms with Crippen LogP contribution in [0.15, 0.2) is 36.4 Å². The molecule has 0 aliphatic heterocycles. The smallest absolute Gasteiger partial charge is 0.124 e. The number of halogens is 1. The zero-order valence-electron chi connectivity index (χ0n) is 9.77. The van der Waals surface area contributed by atoms with E-state index >= 15 is 0 Å². The molecule has 3 rings (SSSR count). The SMILES string of the molecule is Cc1ccc(N)cc1-c1nc2cccc(Cl)c2s1. The van der Waals surface area contributed by atoms with Crippen molar-refractivity contribution < 1.29 is 0 Å². The fourth-order valence-corrected chi connectivity index (χ4v) is 3.24. The molecule has 0 unspecified atom stereocenters. The molecule has 1 heterocycles. The first kappa shape index (κ1) is 11.5. The Morgan fingerprint density at radius 3 is 2.83 bits per heavy atom. The van der Waals surface area contributed by atoms with Crippen molar-refractivity contribution >= 4 is 38.8 Å². The molecule has 3 aromatic rings. The quantitative estimate of drug-likeness (QED) is 0.663. The monoisotopic (exact) mass is 274 g/mol. The van der Waals surface area contributed by atoms with Gasteiger partial charge < -0.3 is 5.73 Å². The molecule has 0 radical (unpaired) electrons. The number of aromatic nitrogens is 1. The Morgan fingerprint density at radius 1 is 1.22 bits per heavy atom. The standard InChI is InChI=1S/C14H11ClN2S/c1-8-5-6-9(16)7-10(8)14-17-12-4-2-3-11(15)13(12)18-14/h2-7H,16H2,1H3. The van der Waals surface area contributed by atoms with Crippen LogP contribution < -0.4 is 5.73 Å². The Kier molecular flexibility index (Phi) is 2.73. The van der Waals surface area contributed by atoms with E-state index in [0.29, 0.717) is 0 Å². The first-order valence-corrected chi connectivity index (χ1v) is 6.76. The van der Waals surface area contributed by atoms with Gasteiger partial charge in [0, 0.05) is 11.3 Å².